The first kappa shape index (κ1) is 13.5. The van der Waals surface area contributed by atoms with Crippen LogP contribution in [0, 0.1) is 11.6 Å². The lowest BCUT2D eigenvalue weighted by Gasteiger charge is -2.28. The van der Waals surface area contributed by atoms with Gasteiger partial charge in [0.1, 0.15) is 0 Å². The van der Waals surface area contributed by atoms with Crippen molar-refractivity contribution in [1.82, 2.24) is 9.55 Å². The van der Waals surface area contributed by atoms with Gasteiger partial charge in [-0.1, -0.05) is 0 Å². The number of ether oxygens (including phenoxy) is 1. The Morgan fingerprint density at radius 1 is 1.20 bits per heavy atom. The van der Waals surface area contributed by atoms with Gasteiger partial charge in [-0.15, -0.1) is 0 Å². The van der Waals surface area contributed by atoms with Gasteiger partial charge in [-0.25, -0.2) is 13.8 Å². The van der Waals surface area contributed by atoms with Crippen LogP contribution in [0.25, 0.3) is 11.0 Å². The highest BCUT2D eigenvalue weighted by Crippen LogP contribution is 2.45. The molecule has 1 fully saturated rings. The van der Waals surface area contributed by atoms with Gasteiger partial charge < -0.3 is 9.30 Å². The van der Waals surface area contributed by atoms with Crippen molar-refractivity contribution in [2.75, 3.05) is 0 Å². The normalized spacial score (nSPS) is 24.4. The SMILES string of the molecule is CC1(C)CC(n2cnc3cc(F)c(F)cc32)C(C)(C)O1. The van der Waals surface area contributed by atoms with Crippen LogP contribution in [0.2, 0.25) is 0 Å². The summed E-state index contributed by atoms with van der Waals surface area (Å²) in [4.78, 5) is 4.18. The average molecular weight is 280 g/mol. The first-order valence-corrected chi connectivity index (χ1v) is 6.71. The van der Waals surface area contributed by atoms with Crippen LogP contribution in [0.4, 0.5) is 8.78 Å². The number of benzene rings is 1. The van der Waals surface area contributed by atoms with Gasteiger partial charge in [0.05, 0.1) is 34.6 Å². The highest BCUT2D eigenvalue weighted by Gasteiger charge is 2.47. The summed E-state index contributed by atoms with van der Waals surface area (Å²) in [6.45, 7) is 8.10. The lowest BCUT2D eigenvalue weighted by atomic mass is 9.94. The molecule has 108 valence electrons. The van der Waals surface area contributed by atoms with Crippen LogP contribution < -0.4 is 0 Å². The minimum Gasteiger partial charge on any atom is -0.367 e. The van der Waals surface area contributed by atoms with Crippen molar-refractivity contribution in [3.05, 3.63) is 30.1 Å². The van der Waals surface area contributed by atoms with Gasteiger partial charge in [0.2, 0.25) is 0 Å². The number of aromatic nitrogens is 2. The van der Waals surface area contributed by atoms with E-state index in [2.05, 4.69) is 4.98 Å². The highest BCUT2D eigenvalue weighted by molar-refractivity contribution is 5.75. The Labute approximate surface area is 116 Å². The van der Waals surface area contributed by atoms with Crippen molar-refractivity contribution in [3.63, 3.8) is 0 Å². The Morgan fingerprint density at radius 2 is 1.85 bits per heavy atom. The lowest BCUT2D eigenvalue weighted by molar-refractivity contribution is -0.0726. The van der Waals surface area contributed by atoms with Crippen LogP contribution >= 0.6 is 0 Å². The smallest absolute Gasteiger partial charge is 0.161 e. The number of nitrogens with zero attached hydrogens (tertiary/aromatic N) is 2. The molecule has 3 rings (SSSR count). The molecule has 1 unspecified atom stereocenters. The second-order valence-corrected chi connectivity index (χ2v) is 6.59. The predicted molar refractivity (Wildman–Crippen MR) is 72.5 cm³/mol. The maximum absolute atomic E-state index is 13.5. The Kier molecular flexibility index (Phi) is 2.70. The number of rotatable bonds is 1. The fourth-order valence-corrected chi connectivity index (χ4v) is 3.24. The summed E-state index contributed by atoms with van der Waals surface area (Å²) in [6.07, 6.45) is 2.44. The van der Waals surface area contributed by atoms with E-state index in [1.165, 1.54) is 6.07 Å². The van der Waals surface area contributed by atoms with E-state index < -0.39 is 11.6 Å². The second kappa shape index (κ2) is 4.01. The van der Waals surface area contributed by atoms with Gasteiger partial charge in [-0.05, 0) is 34.1 Å². The average Bonchev–Trinajstić information content (AvgIpc) is 2.77. The first-order valence-electron chi connectivity index (χ1n) is 6.71. The summed E-state index contributed by atoms with van der Waals surface area (Å²) >= 11 is 0. The summed E-state index contributed by atoms with van der Waals surface area (Å²) in [5.41, 5.74) is 0.429. The molecule has 0 saturated carbocycles. The number of imidazole rings is 1. The maximum Gasteiger partial charge on any atom is 0.161 e. The maximum atomic E-state index is 13.5. The van der Waals surface area contributed by atoms with Crippen molar-refractivity contribution < 1.29 is 13.5 Å². The molecule has 0 radical (unpaired) electrons. The zero-order valence-electron chi connectivity index (χ0n) is 12.1. The molecule has 3 nitrogen and oxygen atoms in total. The molecule has 1 aromatic heterocycles. The number of hydrogen-bond donors (Lipinski definition) is 0. The molecular formula is C15H18F2N2O. The third-order valence-electron chi connectivity index (χ3n) is 3.98. The monoisotopic (exact) mass is 280 g/mol. The highest BCUT2D eigenvalue weighted by atomic mass is 19.2. The fourth-order valence-electron chi connectivity index (χ4n) is 3.24. The van der Waals surface area contributed by atoms with Crippen LogP contribution in [0.5, 0.6) is 0 Å². The zero-order chi connectivity index (χ0) is 14.7. The lowest BCUT2D eigenvalue weighted by Crippen LogP contribution is -2.30. The van der Waals surface area contributed by atoms with Crippen LogP contribution in [0.1, 0.15) is 40.2 Å². The Bertz CT molecular complexity index is 676. The van der Waals surface area contributed by atoms with Gasteiger partial charge in [0.25, 0.3) is 0 Å². The molecule has 0 spiro atoms. The van der Waals surface area contributed by atoms with Crippen LogP contribution in [0.15, 0.2) is 18.5 Å². The van der Waals surface area contributed by atoms with Gasteiger partial charge in [-0.3, -0.25) is 0 Å². The van der Waals surface area contributed by atoms with Crippen molar-refractivity contribution in [2.24, 2.45) is 0 Å². The first-order chi connectivity index (χ1) is 9.20. The number of halogens is 2. The van der Waals surface area contributed by atoms with Crippen LogP contribution in [0.3, 0.4) is 0 Å². The van der Waals surface area contributed by atoms with Gasteiger partial charge in [-0.2, -0.15) is 0 Å². The third-order valence-corrected chi connectivity index (χ3v) is 3.98. The summed E-state index contributed by atoms with van der Waals surface area (Å²) in [6, 6.07) is 2.38. The Balaban J connectivity index is 2.13. The predicted octanol–water partition coefficient (Wildman–Crippen LogP) is 3.83. The molecule has 1 saturated heterocycles. The summed E-state index contributed by atoms with van der Waals surface area (Å²) in [5, 5.41) is 0. The molecule has 1 aromatic carbocycles. The van der Waals surface area contributed by atoms with E-state index in [1.807, 2.05) is 32.3 Å². The number of hydrogen-bond acceptors (Lipinski definition) is 2. The molecule has 0 amide bonds. The van der Waals surface area contributed by atoms with Crippen LogP contribution in [-0.2, 0) is 4.74 Å². The molecular weight excluding hydrogens is 262 g/mol. The molecule has 2 heterocycles. The van der Waals surface area contributed by atoms with E-state index in [-0.39, 0.29) is 17.2 Å². The van der Waals surface area contributed by atoms with E-state index in [4.69, 9.17) is 4.74 Å². The van der Waals surface area contributed by atoms with Crippen LogP contribution in [-0.4, -0.2) is 20.8 Å². The minimum atomic E-state index is -0.870. The molecule has 0 N–H and O–H groups in total. The Morgan fingerprint density at radius 3 is 2.45 bits per heavy atom. The Hall–Kier alpha value is -1.49. The van der Waals surface area contributed by atoms with Gasteiger partial charge >= 0.3 is 0 Å². The molecule has 0 bridgehead atoms. The summed E-state index contributed by atoms with van der Waals surface area (Å²) < 4.78 is 34.7. The van der Waals surface area contributed by atoms with Crippen molar-refractivity contribution in [2.45, 2.75) is 51.4 Å². The molecule has 20 heavy (non-hydrogen) atoms. The summed E-state index contributed by atoms with van der Waals surface area (Å²) in [7, 11) is 0. The zero-order valence-corrected chi connectivity index (χ0v) is 12.1. The molecule has 1 atom stereocenters. The molecule has 1 aliphatic rings. The largest absolute Gasteiger partial charge is 0.367 e. The van der Waals surface area contributed by atoms with E-state index in [9.17, 15) is 8.78 Å². The minimum absolute atomic E-state index is 0.0346. The van der Waals surface area contributed by atoms with Crippen molar-refractivity contribution in [1.29, 1.82) is 0 Å². The molecule has 5 heteroatoms. The second-order valence-electron chi connectivity index (χ2n) is 6.59. The van der Waals surface area contributed by atoms with Crippen molar-refractivity contribution >= 4 is 11.0 Å². The number of fused-ring (bicyclic) bond motifs is 1. The van der Waals surface area contributed by atoms with Crippen molar-refractivity contribution in [3.8, 4) is 0 Å². The van der Waals surface area contributed by atoms with Gasteiger partial charge in [0.15, 0.2) is 11.6 Å². The molecule has 1 aliphatic heterocycles. The van der Waals surface area contributed by atoms with E-state index in [0.29, 0.717) is 11.0 Å². The summed E-state index contributed by atoms with van der Waals surface area (Å²) in [5.74, 6) is -1.72. The topological polar surface area (TPSA) is 27.1 Å². The standard InChI is InChI=1S/C15H18F2N2O/c1-14(2)7-13(15(3,4)20-14)19-8-18-11-5-9(16)10(17)6-12(11)19/h5-6,8,13H,7H2,1-4H3. The van der Waals surface area contributed by atoms with E-state index in [1.54, 1.807) is 6.33 Å². The van der Waals surface area contributed by atoms with Gasteiger partial charge in [0, 0.05) is 12.1 Å². The third kappa shape index (κ3) is 2.00. The fraction of sp³-hybridized carbons (Fsp3) is 0.533. The molecule has 0 aliphatic carbocycles. The molecule has 2 aromatic rings. The van der Waals surface area contributed by atoms with E-state index in [0.717, 1.165) is 12.5 Å². The van der Waals surface area contributed by atoms with E-state index >= 15 is 0 Å². The quantitative estimate of drug-likeness (QED) is 0.793.